The molecule has 2 aromatic rings. The summed E-state index contributed by atoms with van der Waals surface area (Å²) in [6.45, 7) is 2.93. The van der Waals surface area contributed by atoms with Crippen LogP contribution in [0.4, 0.5) is 0 Å². The number of nitrogens with two attached hydrogens (primary N) is 1. The van der Waals surface area contributed by atoms with Gasteiger partial charge in [0.25, 0.3) is 0 Å². The molecule has 2 aromatic carbocycles. The van der Waals surface area contributed by atoms with Crippen LogP contribution in [0.25, 0.3) is 0 Å². The van der Waals surface area contributed by atoms with Crippen LogP contribution in [0.3, 0.4) is 0 Å². The minimum atomic E-state index is 0.0759. The molecule has 1 aliphatic heterocycles. The molecule has 0 radical (unpaired) electrons. The van der Waals surface area contributed by atoms with Crippen molar-refractivity contribution >= 4 is 15.9 Å². The fraction of sp³-hybridized carbons (Fsp3) is 0.333. The van der Waals surface area contributed by atoms with Gasteiger partial charge in [-0.3, -0.25) is 0 Å². The first-order valence-electron chi connectivity index (χ1n) is 7.40. The van der Waals surface area contributed by atoms with Crippen LogP contribution in [-0.2, 0) is 12.8 Å². The van der Waals surface area contributed by atoms with Crippen molar-refractivity contribution in [2.24, 2.45) is 5.73 Å². The predicted octanol–water partition coefficient (Wildman–Crippen LogP) is 4.33. The molecule has 1 heterocycles. The third-order valence-electron chi connectivity index (χ3n) is 4.21. The first-order valence-corrected chi connectivity index (χ1v) is 8.19. The number of fused-ring (bicyclic) bond motifs is 1. The average molecular weight is 346 g/mol. The number of halogens is 1. The summed E-state index contributed by atoms with van der Waals surface area (Å²) in [6.07, 6.45) is 2.98. The van der Waals surface area contributed by atoms with Crippen molar-refractivity contribution in [1.29, 1.82) is 0 Å². The van der Waals surface area contributed by atoms with Gasteiger partial charge in [-0.25, -0.2) is 0 Å². The molecule has 0 fully saturated rings. The van der Waals surface area contributed by atoms with E-state index < -0.39 is 0 Å². The lowest BCUT2D eigenvalue weighted by molar-refractivity contribution is 0.357. The Hall–Kier alpha value is -1.32. The highest BCUT2D eigenvalue weighted by atomic mass is 79.9. The minimum Gasteiger partial charge on any atom is -0.493 e. The van der Waals surface area contributed by atoms with Gasteiger partial charge in [-0.2, -0.15) is 0 Å². The highest BCUT2D eigenvalue weighted by molar-refractivity contribution is 9.10. The summed E-state index contributed by atoms with van der Waals surface area (Å²) in [6, 6.07) is 12.8. The van der Waals surface area contributed by atoms with Gasteiger partial charge in [-0.15, -0.1) is 0 Å². The van der Waals surface area contributed by atoms with Gasteiger partial charge in [0.15, 0.2) is 0 Å². The Labute approximate surface area is 134 Å². The van der Waals surface area contributed by atoms with Crippen LogP contribution in [0.2, 0.25) is 0 Å². The lowest BCUT2D eigenvalue weighted by Crippen LogP contribution is -2.13. The molecule has 1 atom stereocenters. The standard InChI is InChI=1S/C18H20BrNO/c1-12-15(3-2-4-16(12)19)17(20)7-5-13-6-8-18-14(11-13)9-10-21-18/h2-4,6,8,11,17H,5,7,9-10,20H2,1H3. The Morgan fingerprint density at radius 2 is 2.14 bits per heavy atom. The lowest BCUT2D eigenvalue weighted by atomic mass is 9.95. The number of ether oxygens (including phenoxy) is 1. The number of hydrogen-bond donors (Lipinski definition) is 1. The normalized spacial score (nSPS) is 14.6. The molecule has 0 saturated heterocycles. The third-order valence-corrected chi connectivity index (χ3v) is 5.07. The summed E-state index contributed by atoms with van der Waals surface area (Å²) in [5.41, 5.74) is 11.5. The number of benzene rings is 2. The monoisotopic (exact) mass is 345 g/mol. The Balaban J connectivity index is 1.68. The van der Waals surface area contributed by atoms with E-state index in [1.54, 1.807) is 0 Å². The summed E-state index contributed by atoms with van der Waals surface area (Å²) in [5, 5.41) is 0. The van der Waals surface area contributed by atoms with E-state index in [4.69, 9.17) is 10.5 Å². The molecule has 3 rings (SSSR count). The maximum absolute atomic E-state index is 6.38. The third kappa shape index (κ3) is 3.14. The molecule has 0 bridgehead atoms. The van der Waals surface area contributed by atoms with Crippen LogP contribution in [-0.4, -0.2) is 6.61 Å². The molecular weight excluding hydrogens is 326 g/mol. The van der Waals surface area contributed by atoms with Crippen molar-refractivity contribution in [1.82, 2.24) is 0 Å². The van der Waals surface area contributed by atoms with Crippen molar-refractivity contribution < 1.29 is 4.74 Å². The highest BCUT2D eigenvalue weighted by Crippen LogP contribution is 2.28. The van der Waals surface area contributed by atoms with Crippen molar-refractivity contribution in [3.63, 3.8) is 0 Å². The Morgan fingerprint density at radius 3 is 3.00 bits per heavy atom. The van der Waals surface area contributed by atoms with E-state index in [1.807, 2.05) is 0 Å². The molecule has 1 aliphatic rings. The fourth-order valence-corrected chi connectivity index (χ4v) is 3.28. The molecule has 2 N–H and O–H groups in total. The van der Waals surface area contributed by atoms with Gasteiger partial charge >= 0.3 is 0 Å². The van der Waals surface area contributed by atoms with Crippen molar-refractivity contribution in [3.05, 3.63) is 63.1 Å². The Bertz CT molecular complexity index is 654. The van der Waals surface area contributed by atoms with Gasteiger partial charge < -0.3 is 10.5 Å². The SMILES string of the molecule is Cc1c(Br)cccc1C(N)CCc1ccc2c(c1)CCO2. The van der Waals surface area contributed by atoms with Gasteiger partial charge in [0, 0.05) is 16.9 Å². The second-order valence-electron chi connectivity index (χ2n) is 5.64. The fourth-order valence-electron chi connectivity index (χ4n) is 2.90. The summed E-state index contributed by atoms with van der Waals surface area (Å²) in [5.74, 6) is 1.05. The zero-order valence-electron chi connectivity index (χ0n) is 12.2. The van der Waals surface area contributed by atoms with E-state index in [0.717, 1.165) is 36.1 Å². The number of aryl methyl sites for hydroxylation is 1. The van der Waals surface area contributed by atoms with Gasteiger partial charge in [-0.05, 0) is 54.2 Å². The van der Waals surface area contributed by atoms with Crippen molar-refractivity contribution in [3.8, 4) is 5.75 Å². The second kappa shape index (κ2) is 6.20. The molecule has 0 aromatic heterocycles. The topological polar surface area (TPSA) is 35.2 Å². The van der Waals surface area contributed by atoms with Crippen LogP contribution in [0, 0.1) is 6.92 Å². The molecule has 0 amide bonds. The quantitative estimate of drug-likeness (QED) is 0.895. The van der Waals surface area contributed by atoms with E-state index >= 15 is 0 Å². The van der Waals surface area contributed by atoms with E-state index in [0.29, 0.717) is 0 Å². The molecule has 21 heavy (non-hydrogen) atoms. The van der Waals surface area contributed by atoms with Crippen LogP contribution in [0.15, 0.2) is 40.9 Å². The van der Waals surface area contributed by atoms with Gasteiger partial charge in [0.2, 0.25) is 0 Å². The lowest BCUT2D eigenvalue weighted by Gasteiger charge is -2.16. The molecule has 0 aliphatic carbocycles. The highest BCUT2D eigenvalue weighted by Gasteiger charge is 2.14. The van der Waals surface area contributed by atoms with E-state index in [1.165, 1.54) is 22.3 Å². The first kappa shape index (κ1) is 14.6. The van der Waals surface area contributed by atoms with Gasteiger partial charge in [0.1, 0.15) is 5.75 Å². The van der Waals surface area contributed by atoms with E-state index in [2.05, 4.69) is 59.3 Å². The van der Waals surface area contributed by atoms with E-state index in [-0.39, 0.29) is 6.04 Å². The van der Waals surface area contributed by atoms with Crippen LogP contribution in [0.5, 0.6) is 5.75 Å². The van der Waals surface area contributed by atoms with Crippen molar-refractivity contribution in [2.45, 2.75) is 32.2 Å². The molecule has 3 heteroatoms. The second-order valence-corrected chi connectivity index (χ2v) is 6.49. The number of rotatable bonds is 4. The van der Waals surface area contributed by atoms with Gasteiger partial charge in [-0.1, -0.05) is 40.2 Å². The minimum absolute atomic E-state index is 0.0759. The van der Waals surface area contributed by atoms with E-state index in [9.17, 15) is 0 Å². The van der Waals surface area contributed by atoms with Crippen LogP contribution < -0.4 is 10.5 Å². The first-order chi connectivity index (χ1) is 10.1. The molecule has 2 nitrogen and oxygen atoms in total. The average Bonchev–Trinajstić information content (AvgIpc) is 2.95. The largest absolute Gasteiger partial charge is 0.493 e. The summed E-state index contributed by atoms with van der Waals surface area (Å²) in [7, 11) is 0. The predicted molar refractivity (Wildman–Crippen MR) is 89.8 cm³/mol. The molecule has 0 spiro atoms. The molecule has 110 valence electrons. The molecular formula is C18H20BrNO. The van der Waals surface area contributed by atoms with Crippen LogP contribution >= 0.6 is 15.9 Å². The maximum atomic E-state index is 6.38. The zero-order chi connectivity index (χ0) is 14.8. The molecule has 0 saturated carbocycles. The zero-order valence-corrected chi connectivity index (χ0v) is 13.8. The Kier molecular flexibility index (Phi) is 4.32. The Morgan fingerprint density at radius 1 is 1.29 bits per heavy atom. The van der Waals surface area contributed by atoms with Crippen LogP contribution in [0.1, 0.15) is 34.7 Å². The van der Waals surface area contributed by atoms with Crippen molar-refractivity contribution in [2.75, 3.05) is 6.61 Å². The summed E-state index contributed by atoms with van der Waals surface area (Å²) >= 11 is 3.57. The summed E-state index contributed by atoms with van der Waals surface area (Å²) < 4.78 is 6.68. The van der Waals surface area contributed by atoms with Gasteiger partial charge in [0.05, 0.1) is 6.61 Å². The smallest absolute Gasteiger partial charge is 0.122 e. The number of hydrogen-bond acceptors (Lipinski definition) is 2. The summed E-state index contributed by atoms with van der Waals surface area (Å²) in [4.78, 5) is 0. The maximum Gasteiger partial charge on any atom is 0.122 e. The molecule has 1 unspecified atom stereocenters.